The Morgan fingerprint density at radius 3 is 2.70 bits per heavy atom. The number of phenols is 1. The quantitative estimate of drug-likeness (QED) is 0.555. The molecule has 1 saturated heterocycles. The van der Waals surface area contributed by atoms with E-state index in [-0.39, 0.29) is 17.2 Å². The number of benzene rings is 1. The molecule has 27 heavy (non-hydrogen) atoms. The van der Waals surface area contributed by atoms with Gasteiger partial charge < -0.3 is 15.1 Å². The molecule has 1 aromatic carbocycles. The van der Waals surface area contributed by atoms with E-state index >= 15 is 0 Å². The summed E-state index contributed by atoms with van der Waals surface area (Å²) in [5, 5.41) is 20.8. The zero-order valence-corrected chi connectivity index (χ0v) is 16.9. The molecule has 1 aliphatic rings. The van der Waals surface area contributed by atoms with Gasteiger partial charge in [-0.05, 0) is 42.2 Å². The van der Waals surface area contributed by atoms with Crippen molar-refractivity contribution in [3.8, 4) is 18.1 Å². The molecule has 0 radical (unpaired) electrons. The Morgan fingerprint density at radius 2 is 2.07 bits per heavy atom. The lowest BCUT2D eigenvalue weighted by Gasteiger charge is -2.37. The topological polar surface area (TPSA) is 60.8 Å². The molecule has 2 atom stereocenters. The number of aliphatic hydroxyl groups is 1. The number of terminal acetylenes is 1. The standard InChI is InChI=1S/C23H33NO3/c1-5-7-8-9-13-23(3,4)17-10-11-19(21(26)15-17)20-16-18(25)12-14-24(20)22(27)6-2/h2,10-11,15,18,20,25-26H,5,7-9,12-14,16H2,1,3-4H3/t18-,20+/m1/s1. The summed E-state index contributed by atoms with van der Waals surface area (Å²) in [6, 6.07) is 5.35. The van der Waals surface area contributed by atoms with Crippen LogP contribution in [0.5, 0.6) is 5.75 Å². The number of nitrogens with zero attached hydrogens (tertiary/aromatic N) is 1. The fourth-order valence-electron chi connectivity index (χ4n) is 3.95. The normalized spacial score (nSPS) is 20.3. The second-order valence-electron chi connectivity index (χ2n) is 8.31. The van der Waals surface area contributed by atoms with Gasteiger partial charge in [-0.25, -0.2) is 0 Å². The molecule has 1 aromatic rings. The van der Waals surface area contributed by atoms with Crippen molar-refractivity contribution in [2.45, 2.75) is 83.3 Å². The molecule has 0 bridgehead atoms. The second-order valence-corrected chi connectivity index (χ2v) is 8.31. The van der Waals surface area contributed by atoms with Gasteiger partial charge >= 0.3 is 0 Å². The molecule has 0 aliphatic carbocycles. The lowest BCUT2D eigenvalue weighted by Crippen LogP contribution is -2.42. The Bertz CT molecular complexity index is 689. The minimum Gasteiger partial charge on any atom is -0.508 e. The van der Waals surface area contributed by atoms with Gasteiger partial charge in [0, 0.05) is 12.1 Å². The number of rotatable bonds is 7. The van der Waals surface area contributed by atoms with E-state index in [0.717, 1.165) is 12.0 Å². The first kappa shape index (κ1) is 21.3. The lowest BCUT2D eigenvalue weighted by molar-refractivity contribution is -0.130. The summed E-state index contributed by atoms with van der Waals surface area (Å²) in [5.74, 6) is 1.93. The van der Waals surface area contributed by atoms with Gasteiger partial charge in [-0.1, -0.05) is 58.6 Å². The molecule has 1 fully saturated rings. The summed E-state index contributed by atoms with van der Waals surface area (Å²) in [4.78, 5) is 13.7. The molecule has 0 saturated carbocycles. The van der Waals surface area contributed by atoms with Crippen molar-refractivity contribution in [1.82, 2.24) is 4.90 Å². The second kappa shape index (κ2) is 9.28. The van der Waals surface area contributed by atoms with E-state index in [4.69, 9.17) is 6.42 Å². The van der Waals surface area contributed by atoms with Crippen molar-refractivity contribution in [3.63, 3.8) is 0 Å². The predicted octanol–water partition coefficient (Wildman–Crippen LogP) is 4.30. The zero-order valence-electron chi connectivity index (χ0n) is 16.9. The average Bonchev–Trinajstić information content (AvgIpc) is 2.64. The highest BCUT2D eigenvalue weighted by Crippen LogP contribution is 2.39. The molecule has 1 aliphatic heterocycles. The maximum atomic E-state index is 12.1. The van der Waals surface area contributed by atoms with Crippen molar-refractivity contribution in [2.75, 3.05) is 6.54 Å². The number of piperidine rings is 1. The van der Waals surface area contributed by atoms with Gasteiger partial charge in [-0.15, -0.1) is 6.42 Å². The molecule has 2 rings (SSSR count). The molecule has 4 nitrogen and oxygen atoms in total. The van der Waals surface area contributed by atoms with Crippen molar-refractivity contribution < 1.29 is 15.0 Å². The Kier molecular flexibility index (Phi) is 7.33. The summed E-state index contributed by atoms with van der Waals surface area (Å²) >= 11 is 0. The third-order valence-corrected chi connectivity index (χ3v) is 5.79. The Hall–Kier alpha value is -1.99. The highest BCUT2D eigenvalue weighted by Gasteiger charge is 2.33. The number of phenolic OH excluding ortho intramolecular Hbond substituents is 1. The van der Waals surface area contributed by atoms with Gasteiger partial charge in [0.1, 0.15) is 5.75 Å². The molecule has 148 valence electrons. The number of carbonyl (C=O) groups excluding carboxylic acids is 1. The molecule has 0 spiro atoms. The van der Waals surface area contributed by atoms with E-state index in [1.54, 1.807) is 4.90 Å². The van der Waals surface area contributed by atoms with Gasteiger partial charge in [0.2, 0.25) is 0 Å². The van der Waals surface area contributed by atoms with Crippen LogP contribution < -0.4 is 0 Å². The van der Waals surface area contributed by atoms with E-state index in [1.807, 2.05) is 18.2 Å². The van der Waals surface area contributed by atoms with Crippen molar-refractivity contribution in [2.24, 2.45) is 0 Å². The van der Waals surface area contributed by atoms with Crippen LogP contribution in [0.3, 0.4) is 0 Å². The SMILES string of the molecule is C#CC(=O)N1CC[C@@H](O)C[C@H]1c1ccc(C(C)(C)CCCCCC)cc1O. The number of carbonyl (C=O) groups is 1. The Balaban J connectivity index is 2.21. The van der Waals surface area contributed by atoms with E-state index in [9.17, 15) is 15.0 Å². The minimum absolute atomic E-state index is 0.0237. The highest BCUT2D eigenvalue weighted by molar-refractivity contribution is 5.93. The van der Waals surface area contributed by atoms with Gasteiger partial charge in [-0.2, -0.15) is 0 Å². The third kappa shape index (κ3) is 5.26. The van der Waals surface area contributed by atoms with Crippen LogP contribution in [-0.4, -0.2) is 33.7 Å². The number of aliphatic hydroxyl groups excluding tert-OH is 1. The monoisotopic (exact) mass is 371 g/mol. The van der Waals surface area contributed by atoms with Gasteiger partial charge in [-0.3, -0.25) is 4.79 Å². The van der Waals surface area contributed by atoms with Crippen molar-refractivity contribution >= 4 is 5.91 Å². The van der Waals surface area contributed by atoms with Crippen molar-refractivity contribution in [3.05, 3.63) is 29.3 Å². The van der Waals surface area contributed by atoms with Crippen LogP contribution in [0.25, 0.3) is 0 Å². The number of unbranched alkanes of at least 4 members (excludes halogenated alkanes) is 3. The summed E-state index contributed by atoms with van der Waals surface area (Å²) < 4.78 is 0. The molecular formula is C23H33NO3. The molecular weight excluding hydrogens is 338 g/mol. The highest BCUT2D eigenvalue weighted by atomic mass is 16.3. The van der Waals surface area contributed by atoms with E-state index in [1.165, 1.54) is 25.7 Å². The minimum atomic E-state index is -0.495. The number of hydrogen-bond acceptors (Lipinski definition) is 3. The van der Waals surface area contributed by atoms with E-state index in [0.29, 0.717) is 24.9 Å². The fraction of sp³-hybridized carbons (Fsp3) is 0.609. The first-order valence-electron chi connectivity index (χ1n) is 10.1. The maximum absolute atomic E-state index is 12.1. The number of likely N-dealkylation sites (tertiary alicyclic amines) is 1. The van der Waals surface area contributed by atoms with Crippen LogP contribution in [-0.2, 0) is 10.2 Å². The van der Waals surface area contributed by atoms with Crippen LogP contribution in [0.1, 0.15) is 82.9 Å². The van der Waals surface area contributed by atoms with Crippen LogP contribution in [0.4, 0.5) is 0 Å². The van der Waals surface area contributed by atoms with Gasteiger partial charge in [0.15, 0.2) is 0 Å². The number of aromatic hydroxyl groups is 1. The van der Waals surface area contributed by atoms with Crippen LogP contribution in [0.2, 0.25) is 0 Å². The van der Waals surface area contributed by atoms with Crippen LogP contribution >= 0.6 is 0 Å². The molecule has 0 aromatic heterocycles. The molecule has 4 heteroatoms. The number of amides is 1. The summed E-state index contributed by atoms with van der Waals surface area (Å²) in [5.41, 5.74) is 1.72. The van der Waals surface area contributed by atoms with Crippen molar-refractivity contribution in [1.29, 1.82) is 0 Å². The Morgan fingerprint density at radius 1 is 1.33 bits per heavy atom. The summed E-state index contributed by atoms with van der Waals surface area (Å²) in [7, 11) is 0. The fourth-order valence-corrected chi connectivity index (χ4v) is 3.95. The summed E-state index contributed by atoms with van der Waals surface area (Å²) in [6.45, 7) is 7.01. The summed E-state index contributed by atoms with van der Waals surface area (Å²) in [6.07, 6.45) is 11.6. The number of hydrogen-bond donors (Lipinski definition) is 2. The average molecular weight is 372 g/mol. The van der Waals surface area contributed by atoms with Crippen LogP contribution in [0.15, 0.2) is 18.2 Å². The van der Waals surface area contributed by atoms with Gasteiger partial charge in [0.25, 0.3) is 5.91 Å². The van der Waals surface area contributed by atoms with Gasteiger partial charge in [0.05, 0.1) is 12.1 Å². The zero-order chi connectivity index (χ0) is 20.0. The van der Waals surface area contributed by atoms with E-state index in [2.05, 4.69) is 26.7 Å². The smallest absolute Gasteiger partial charge is 0.298 e. The molecule has 0 unspecified atom stereocenters. The molecule has 1 heterocycles. The first-order chi connectivity index (χ1) is 12.8. The Labute approximate surface area is 163 Å². The van der Waals surface area contributed by atoms with E-state index < -0.39 is 12.0 Å². The molecule has 1 amide bonds. The third-order valence-electron chi connectivity index (χ3n) is 5.79. The first-order valence-corrected chi connectivity index (χ1v) is 10.1. The predicted molar refractivity (Wildman–Crippen MR) is 108 cm³/mol. The largest absolute Gasteiger partial charge is 0.508 e. The molecule has 2 N–H and O–H groups in total. The lowest BCUT2D eigenvalue weighted by atomic mass is 9.79. The maximum Gasteiger partial charge on any atom is 0.298 e. The van der Waals surface area contributed by atoms with Crippen LogP contribution in [0, 0.1) is 12.3 Å².